The number of carbonyl (C=O) groups is 2. The molecule has 2 atom stereocenters. The van der Waals surface area contributed by atoms with Crippen LogP contribution in [0.25, 0.3) is 0 Å². The summed E-state index contributed by atoms with van der Waals surface area (Å²) in [5, 5.41) is 9.52. The highest BCUT2D eigenvalue weighted by molar-refractivity contribution is 5.88. The van der Waals surface area contributed by atoms with Gasteiger partial charge in [-0.2, -0.15) is 0 Å². The van der Waals surface area contributed by atoms with Crippen molar-refractivity contribution in [2.45, 2.75) is 25.0 Å². The Kier molecular flexibility index (Phi) is 3.57. The Balaban J connectivity index is 2.06. The molecule has 1 saturated heterocycles. The predicted molar refractivity (Wildman–Crippen MR) is 63.3 cm³/mol. The summed E-state index contributed by atoms with van der Waals surface area (Å²) >= 11 is 0. The maximum Gasteiger partial charge on any atom is 0.240 e. The van der Waals surface area contributed by atoms with Crippen LogP contribution in [0.15, 0.2) is 24.4 Å². The molecule has 2 heterocycles. The number of carbonyl (C=O) groups excluding carboxylic acids is 2. The fourth-order valence-electron chi connectivity index (χ4n) is 2.12. The number of hydrogen-bond donors (Lipinski definition) is 2. The Bertz CT molecular complexity index is 449. The summed E-state index contributed by atoms with van der Waals surface area (Å²) in [6.07, 6.45) is 1.24. The lowest BCUT2D eigenvalue weighted by atomic mass is 10.2. The van der Waals surface area contributed by atoms with Gasteiger partial charge in [0.2, 0.25) is 11.8 Å². The van der Waals surface area contributed by atoms with Crippen LogP contribution >= 0.6 is 0 Å². The highest BCUT2D eigenvalue weighted by atomic mass is 16.3. The highest BCUT2D eigenvalue weighted by Crippen LogP contribution is 2.18. The van der Waals surface area contributed by atoms with Gasteiger partial charge in [-0.15, -0.1) is 0 Å². The van der Waals surface area contributed by atoms with Crippen molar-refractivity contribution in [2.75, 3.05) is 6.54 Å². The van der Waals surface area contributed by atoms with Gasteiger partial charge in [-0.05, 0) is 12.1 Å². The number of pyridine rings is 1. The van der Waals surface area contributed by atoms with Crippen LogP contribution in [0, 0.1) is 0 Å². The fraction of sp³-hybridized carbons (Fsp3) is 0.417. The van der Waals surface area contributed by atoms with Crippen molar-refractivity contribution in [1.29, 1.82) is 0 Å². The minimum atomic E-state index is -0.712. The summed E-state index contributed by atoms with van der Waals surface area (Å²) in [6.45, 7) is 0.152. The molecular weight excluding hydrogens is 234 g/mol. The van der Waals surface area contributed by atoms with Gasteiger partial charge in [0, 0.05) is 24.9 Å². The van der Waals surface area contributed by atoms with Crippen LogP contribution in [0.1, 0.15) is 12.1 Å². The molecule has 0 aliphatic carbocycles. The summed E-state index contributed by atoms with van der Waals surface area (Å²) < 4.78 is 0. The average Bonchev–Trinajstić information content (AvgIpc) is 2.73. The number of primary amides is 1. The summed E-state index contributed by atoms with van der Waals surface area (Å²) in [5.41, 5.74) is 5.85. The topological polar surface area (TPSA) is 96.5 Å². The van der Waals surface area contributed by atoms with Crippen molar-refractivity contribution in [3.05, 3.63) is 30.1 Å². The lowest BCUT2D eigenvalue weighted by Crippen LogP contribution is -2.44. The van der Waals surface area contributed by atoms with Crippen molar-refractivity contribution in [1.82, 2.24) is 9.88 Å². The Morgan fingerprint density at radius 2 is 2.28 bits per heavy atom. The van der Waals surface area contributed by atoms with Gasteiger partial charge < -0.3 is 15.7 Å². The Labute approximate surface area is 104 Å². The third kappa shape index (κ3) is 2.65. The van der Waals surface area contributed by atoms with E-state index in [-0.39, 0.29) is 25.3 Å². The highest BCUT2D eigenvalue weighted by Gasteiger charge is 2.37. The molecule has 2 amide bonds. The number of β-amino-alcohol motifs (C(OH)–C–C–N with tert-alkyl or cyclic N) is 1. The van der Waals surface area contributed by atoms with E-state index in [2.05, 4.69) is 4.98 Å². The van der Waals surface area contributed by atoms with Crippen LogP contribution in [-0.4, -0.2) is 45.5 Å². The van der Waals surface area contributed by atoms with Crippen molar-refractivity contribution in [3.8, 4) is 0 Å². The number of aliphatic hydroxyl groups is 1. The number of amides is 2. The van der Waals surface area contributed by atoms with Crippen molar-refractivity contribution in [2.24, 2.45) is 5.73 Å². The van der Waals surface area contributed by atoms with Gasteiger partial charge in [0.05, 0.1) is 12.5 Å². The Morgan fingerprint density at radius 3 is 2.89 bits per heavy atom. The molecule has 2 rings (SSSR count). The normalized spacial score (nSPS) is 23.1. The molecule has 0 bridgehead atoms. The van der Waals surface area contributed by atoms with E-state index in [9.17, 15) is 14.7 Å². The summed E-state index contributed by atoms with van der Waals surface area (Å²) in [5.74, 6) is -0.824. The van der Waals surface area contributed by atoms with Crippen molar-refractivity contribution < 1.29 is 14.7 Å². The van der Waals surface area contributed by atoms with Gasteiger partial charge in [-0.1, -0.05) is 6.07 Å². The zero-order chi connectivity index (χ0) is 13.1. The number of hydrogen-bond acceptors (Lipinski definition) is 4. The first kappa shape index (κ1) is 12.5. The molecule has 0 spiro atoms. The van der Waals surface area contributed by atoms with E-state index in [1.807, 2.05) is 0 Å². The van der Waals surface area contributed by atoms with E-state index in [1.54, 1.807) is 24.4 Å². The molecule has 2 unspecified atom stereocenters. The second kappa shape index (κ2) is 5.14. The van der Waals surface area contributed by atoms with Gasteiger partial charge in [0.1, 0.15) is 6.04 Å². The zero-order valence-corrected chi connectivity index (χ0v) is 9.82. The van der Waals surface area contributed by atoms with E-state index in [4.69, 9.17) is 5.73 Å². The first-order chi connectivity index (χ1) is 8.58. The molecule has 1 aromatic heterocycles. The molecule has 3 N–H and O–H groups in total. The molecule has 1 aliphatic rings. The molecule has 18 heavy (non-hydrogen) atoms. The largest absolute Gasteiger partial charge is 0.391 e. The van der Waals surface area contributed by atoms with Crippen molar-refractivity contribution in [3.63, 3.8) is 0 Å². The minimum Gasteiger partial charge on any atom is -0.391 e. The van der Waals surface area contributed by atoms with Gasteiger partial charge in [0.25, 0.3) is 0 Å². The predicted octanol–water partition coefficient (Wildman–Crippen LogP) is -0.929. The standard InChI is InChI=1S/C12H15N3O3/c13-12(18)10-6-9(16)7-15(10)11(17)5-8-3-1-2-4-14-8/h1-4,9-10,16H,5-7H2,(H2,13,18). The smallest absolute Gasteiger partial charge is 0.240 e. The van der Waals surface area contributed by atoms with Gasteiger partial charge in [-0.3, -0.25) is 14.6 Å². The molecule has 0 radical (unpaired) electrons. The molecular formula is C12H15N3O3. The Morgan fingerprint density at radius 1 is 1.50 bits per heavy atom. The molecule has 1 aromatic rings. The zero-order valence-electron chi connectivity index (χ0n) is 9.82. The number of likely N-dealkylation sites (tertiary alicyclic amines) is 1. The van der Waals surface area contributed by atoms with Crippen LogP contribution in [-0.2, 0) is 16.0 Å². The van der Waals surface area contributed by atoms with Crippen LogP contribution in [0.3, 0.4) is 0 Å². The van der Waals surface area contributed by atoms with Crippen LogP contribution in [0.2, 0.25) is 0 Å². The van der Waals surface area contributed by atoms with Crippen molar-refractivity contribution >= 4 is 11.8 Å². The molecule has 6 nitrogen and oxygen atoms in total. The average molecular weight is 249 g/mol. The lowest BCUT2D eigenvalue weighted by Gasteiger charge is -2.21. The summed E-state index contributed by atoms with van der Waals surface area (Å²) in [6, 6.07) is 4.58. The van der Waals surface area contributed by atoms with E-state index >= 15 is 0 Å². The number of nitrogens with two attached hydrogens (primary N) is 1. The first-order valence-corrected chi connectivity index (χ1v) is 5.74. The van der Waals surface area contributed by atoms with Gasteiger partial charge in [-0.25, -0.2) is 0 Å². The third-order valence-corrected chi connectivity index (χ3v) is 2.99. The quantitative estimate of drug-likeness (QED) is 0.723. The molecule has 96 valence electrons. The second-order valence-corrected chi connectivity index (χ2v) is 4.35. The molecule has 0 aromatic carbocycles. The first-order valence-electron chi connectivity index (χ1n) is 5.74. The minimum absolute atomic E-state index is 0.108. The van der Waals surface area contributed by atoms with Gasteiger partial charge in [0.15, 0.2) is 0 Å². The van der Waals surface area contributed by atoms with E-state index in [0.717, 1.165) is 0 Å². The maximum absolute atomic E-state index is 12.0. The van der Waals surface area contributed by atoms with Gasteiger partial charge >= 0.3 is 0 Å². The fourth-order valence-corrected chi connectivity index (χ4v) is 2.12. The monoisotopic (exact) mass is 249 g/mol. The van der Waals surface area contributed by atoms with Crippen LogP contribution in [0.5, 0.6) is 0 Å². The molecule has 0 saturated carbocycles. The molecule has 1 aliphatic heterocycles. The number of aromatic nitrogens is 1. The number of nitrogens with zero attached hydrogens (tertiary/aromatic N) is 2. The van der Waals surface area contributed by atoms with Crippen LogP contribution in [0.4, 0.5) is 0 Å². The number of rotatable bonds is 3. The van der Waals surface area contributed by atoms with Crippen LogP contribution < -0.4 is 5.73 Å². The molecule has 6 heteroatoms. The Hall–Kier alpha value is -1.95. The molecule has 1 fully saturated rings. The lowest BCUT2D eigenvalue weighted by molar-refractivity contribution is -0.136. The maximum atomic E-state index is 12.0. The van der Waals surface area contributed by atoms with E-state index in [1.165, 1.54) is 4.90 Å². The van der Waals surface area contributed by atoms with E-state index in [0.29, 0.717) is 5.69 Å². The van der Waals surface area contributed by atoms with E-state index < -0.39 is 18.1 Å². The number of aliphatic hydroxyl groups excluding tert-OH is 1. The SMILES string of the molecule is NC(=O)C1CC(O)CN1C(=O)Cc1ccccn1. The summed E-state index contributed by atoms with van der Waals surface area (Å²) in [7, 11) is 0. The third-order valence-electron chi connectivity index (χ3n) is 2.99. The second-order valence-electron chi connectivity index (χ2n) is 4.35. The summed E-state index contributed by atoms with van der Waals surface area (Å²) in [4.78, 5) is 28.6.